The number of methoxy groups -OCH3 is 1. The van der Waals surface area contributed by atoms with Gasteiger partial charge in [0.1, 0.15) is 5.75 Å². The number of benzene rings is 2. The first kappa shape index (κ1) is 17.6. The van der Waals surface area contributed by atoms with E-state index in [1.165, 1.54) is 5.56 Å². The summed E-state index contributed by atoms with van der Waals surface area (Å²) >= 11 is 0. The second-order valence-corrected chi connectivity index (χ2v) is 7.18. The van der Waals surface area contributed by atoms with Crippen molar-refractivity contribution in [2.45, 2.75) is 25.4 Å². The molecule has 0 aliphatic carbocycles. The van der Waals surface area contributed by atoms with E-state index in [-0.39, 0.29) is 11.9 Å². The molecular weight excluding hydrogens is 338 g/mol. The van der Waals surface area contributed by atoms with Gasteiger partial charge in [-0.05, 0) is 61.3 Å². The molecule has 1 aliphatic heterocycles. The van der Waals surface area contributed by atoms with Crippen LogP contribution in [0, 0.1) is 0 Å². The summed E-state index contributed by atoms with van der Waals surface area (Å²) in [4.78, 5) is 18.2. The highest BCUT2D eigenvalue weighted by atomic mass is 16.5. The number of aromatic amines is 1. The third-order valence-electron chi connectivity index (χ3n) is 5.20. The van der Waals surface area contributed by atoms with Gasteiger partial charge in [0.05, 0.1) is 7.11 Å². The number of aromatic nitrogens is 1. The van der Waals surface area contributed by atoms with E-state index in [9.17, 15) is 4.79 Å². The summed E-state index contributed by atoms with van der Waals surface area (Å²) in [6, 6.07) is 16.1. The fraction of sp³-hybridized carbons (Fsp3) is 0.318. The minimum absolute atomic E-state index is 0.00586. The van der Waals surface area contributed by atoms with Gasteiger partial charge in [-0.15, -0.1) is 0 Å². The van der Waals surface area contributed by atoms with E-state index in [0.717, 1.165) is 49.1 Å². The first-order chi connectivity index (χ1) is 13.2. The standard InChI is InChI=1S/C22H25N3O2/c1-27-20-6-2-4-16(12-20)14-25-11-3-5-19(15-25)24-22(26)18-7-8-21-17(13-18)9-10-23-21/h2,4,6-10,12-13,19,23H,3,5,11,14-15H2,1H3,(H,24,26)/t19-/m1/s1. The zero-order valence-electron chi connectivity index (χ0n) is 15.6. The smallest absolute Gasteiger partial charge is 0.251 e. The van der Waals surface area contributed by atoms with E-state index >= 15 is 0 Å². The number of nitrogens with zero attached hydrogens (tertiary/aromatic N) is 1. The molecule has 1 atom stereocenters. The van der Waals surface area contributed by atoms with Gasteiger partial charge in [-0.3, -0.25) is 9.69 Å². The number of ether oxygens (including phenoxy) is 1. The van der Waals surface area contributed by atoms with E-state index in [0.29, 0.717) is 5.56 Å². The van der Waals surface area contributed by atoms with E-state index in [1.807, 2.05) is 42.6 Å². The molecule has 1 fully saturated rings. The molecule has 1 aliphatic rings. The Morgan fingerprint density at radius 3 is 3.07 bits per heavy atom. The third kappa shape index (κ3) is 4.14. The normalized spacial score (nSPS) is 17.7. The second kappa shape index (κ2) is 7.84. The topological polar surface area (TPSA) is 57.4 Å². The maximum Gasteiger partial charge on any atom is 0.251 e. The van der Waals surface area contributed by atoms with Crippen LogP contribution in [0.2, 0.25) is 0 Å². The molecule has 2 aromatic carbocycles. The highest BCUT2D eigenvalue weighted by molar-refractivity contribution is 5.98. The van der Waals surface area contributed by atoms with Crippen molar-refractivity contribution in [3.63, 3.8) is 0 Å². The van der Waals surface area contributed by atoms with Crippen LogP contribution in [-0.2, 0) is 6.54 Å². The van der Waals surface area contributed by atoms with Crippen molar-refractivity contribution in [1.82, 2.24) is 15.2 Å². The Hall–Kier alpha value is -2.79. The lowest BCUT2D eigenvalue weighted by molar-refractivity contribution is 0.0901. The maximum atomic E-state index is 12.7. The number of H-pyrrole nitrogens is 1. The molecule has 0 bridgehead atoms. The molecule has 4 rings (SSSR count). The number of carbonyl (C=O) groups excluding carboxylic acids is 1. The highest BCUT2D eigenvalue weighted by Gasteiger charge is 2.22. The van der Waals surface area contributed by atoms with Crippen LogP contribution in [0.5, 0.6) is 5.75 Å². The van der Waals surface area contributed by atoms with Crippen molar-refractivity contribution in [1.29, 1.82) is 0 Å². The van der Waals surface area contributed by atoms with Crippen molar-refractivity contribution < 1.29 is 9.53 Å². The van der Waals surface area contributed by atoms with Gasteiger partial charge in [0, 0.05) is 41.8 Å². The van der Waals surface area contributed by atoms with Crippen LogP contribution >= 0.6 is 0 Å². The number of piperidine rings is 1. The van der Waals surface area contributed by atoms with Gasteiger partial charge in [-0.25, -0.2) is 0 Å². The van der Waals surface area contributed by atoms with Crippen LogP contribution in [0.1, 0.15) is 28.8 Å². The zero-order chi connectivity index (χ0) is 18.6. The van der Waals surface area contributed by atoms with Gasteiger partial charge in [-0.1, -0.05) is 12.1 Å². The molecule has 0 radical (unpaired) electrons. The third-order valence-corrected chi connectivity index (χ3v) is 5.20. The lowest BCUT2D eigenvalue weighted by atomic mass is 10.0. The molecule has 5 nitrogen and oxygen atoms in total. The molecule has 3 aromatic rings. The summed E-state index contributed by atoms with van der Waals surface area (Å²) in [6.07, 6.45) is 4.00. The molecular formula is C22H25N3O2. The summed E-state index contributed by atoms with van der Waals surface area (Å²) in [5, 5.41) is 4.28. The van der Waals surface area contributed by atoms with Gasteiger partial charge >= 0.3 is 0 Å². The molecule has 0 saturated carbocycles. The molecule has 2 heterocycles. The van der Waals surface area contributed by atoms with Crippen LogP contribution in [0.4, 0.5) is 0 Å². The van der Waals surface area contributed by atoms with E-state index in [4.69, 9.17) is 4.74 Å². The van der Waals surface area contributed by atoms with Crippen LogP contribution in [-0.4, -0.2) is 42.0 Å². The Morgan fingerprint density at radius 1 is 1.26 bits per heavy atom. The Balaban J connectivity index is 1.38. The fourth-order valence-electron chi connectivity index (χ4n) is 3.81. The summed E-state index contributed by atoms with van der Waals surface area (Å²) in [5.74, 6) is 0.890. The number of rotatable bonds is 5. The zero-order valence-corrected chi connectivity index (χ0v) is 15.6. The predicted molar refractivity (Wildman–Crippen MR) is 107 cm³/mol. The van der Waals surface area contributed by atoms with E-state index in [2.05, 4.69) is 27.3 Å². The van der Waals surface area contributed by atoms with Gasteiger partial charge in [-0.2, -0.15) is 0 Å². The first-order valence-electron chi connectivity index (χ1n) is 9.44. The van der Waals surface area contributed by atoms with Gasteiger partial charge in [0.25, 0.3) is 5.91 Å². The Bertz CT molecular complexity index is 934. The summed E-state index contributed by atoms with van der Waals surface area (Å²) < 4.78 is 5.31. The molecule has 27 heavy (non-hydrogen) atoms. The Kier molecular flexibility index (Phi) is 5.12. The number of nitrogens with one attached hydrogen (secondary N) is 2. The number of carbonyl (C=O) groups is 1. The monoisotopic (exact) mass is 363 g/mol. The lowest BCUT2D eigenvalue weighted by Gasteiger charge is -2.33. The first-order valence-corrected chi connectivity index (χ1v) is 9.44. The Labute approximate surface area is 159 Å². The van der Waals surface area contributed by atoms with Crippen molar-refractivity contribution >= 4 is 16.8 Å². The van der Waals surface area contributed by atoms with Crippen molar-refractivity contribution in [2.75, 3.05) is 20.2 Å². The highest BCUT2D eigenvalue weighted by Crippen LogP contribution is 2.19. The average Bonchev–Trinajstić information content (AvgIpc) is 3.16. The van der Waals surface area contributed by atoms with Crippen LogP contribution in [0.15, 0.2) is 54.7 Å². The largest absolute Gasteiger partial charge is 0.497 e. The lowest BCUT2D eigenvalue weighted by Crippen LogP contribution is -2.47. The van der Waals surface area contributed by atoms with Crippen molar-refractivity contribution in [2.24, 2.45) is 0 Å². The van der Waals surface area contributed by atoms with Gasteiger partial charge < -0.3 is 15.0 Å². The van der Waals surface area contributed by atoms with E-state index < -0.39 is 0 Å². The quantitative estimate of drug-likeness (QED) is 0.729. The molecule has 2 N–H and O–H groups in total. The molecule has 1 saturated heterocycles. The van der Waals surface area contributed by atoms with Crippen LogP contribution in [0.25, 0.3) is 10.9 Å². The number of likely N-dealkylation sites (tertiary alicyclic amines) is 1. The molecule has 0 unspecified atom stereocenters. The summed E-state index contributed by atoms with van der Waals surface area (Å²) in [7, 11) is 1.69. The number of hydrogen-bond donors (Lipinski definition) is 2. The SMILES string of the molecule is COc1cccc(CN2CCC[C@@H](NC(=O)c3ccc4[nH]ccc4c3)C2)c1. The molecule has 1 amide bonds. The maximum absolute atomic E-state index is 12.7. The van der Waals surface area contributed by atoms with E-state index in [1.54, 1.807) is 7.11 Å². The minimum Gasteiger partial charge on any atom is -0.497 e. The number of fused-ring (bicyclic) bond motifs is 1. The molecule has 5 heteroatoms. The van der Waals surface area contributed by atoms with Gasteiger partial charge in [0.15, 0.2) is 0 Å². The second-order valence-electron chi connectivity index (χ2n) is 7.18. The average molecular weight is 363 g/mol. The fourth-order valence-corrected chi connectivity index (χ4v) is 3.81. The molecule has 1 aromatic heterocycles. The van der Waals surface area contributed by atoms with Gasteiger partial charge in [0.2, 0.25) is 0 Å². The predicted octanol–water partition coefficient (Wildman–Crippen LogP) is 3.57. The minimum atomic E-state index is 0.00586. The van der Waals surface area contributed by atoms with Crippen LogP contribution < -0.4 is 10.1 Å². The summed E-state index contributed by atoms with van der Waals surface area (Å²) in [5.41, 5.74) is 3.00. The summed E-state index contributed by atoms with van der Waals surface area (Å²) in [6.45, 7) is 2.80. The number of hydrogen-bond acceptors (Lipinski definition) is 3. The number of amides is 1. The van der Waals surface area contributed by atoms with Crippen molar-refractivity contribution in [3.8, 4) is 5.75 Å². The Morgan fingerprint density at radius 2 is 2.19 bits per heavy atom. The van der Waals surface area contributed by atoms with Crippen LogP contribution in [0.3, 0.4) is 0 Å². The molecule has 140 valence electrons. The molecule has 0 spiro atoms. The van der Waals surface area contributed by atoms with Crippen molar-refractivity contribution in [3.05, 3.63) is 65.9 Å².